The average Bonchev–Trinajstić information content (AvgIpc) is 2.63. The van der Waals surface area contributed by atoms with Crippen LogP contribution in [0.25, 0.3) is 0 Å². The van der Waals surface area contributed by atoms with Crippen molar-refractivity contribution < 1.29 is 19.5 Å². The molecule has 0 saturated heterocycles. The first-order valence-electron chi connectivity index (χ1n) is 5.30. The number of aromatic nitrogens is 2. The third kappa shape index (κ3) is 5.10. The third-order valence-electron chi connectivity index (χ3n) is 2.03. The minimum absolute atomic E-state index is 0.0473. The van der Waals surface area contributed by atoms with Gasteiger partial charge in [-0.15, -0.1) is 0 Å². The summed E-state index contributed by atoms with van der Waals surface area (Å²) in [6.07, 6.45) is 3.20. The summed E-state index contributed by atoms with van der Waals surface area (Å²) in [5.41, 5.74) is 5.43. The van der Waals surface area contributed by atoms with E-state index in [1.165, 1.54) is 17.1 Å². The van der Waals surface area contributed by atoms with Gasteiger partial charge in [0.1, 0.15) is 6.54 Å². The molecule has 4 N–H and O–H groups in total. The van der Waals surface area contributed by atoms with Crippen LogP contribution in [0.5, 0.6) is 0 Å². The Labute approximate surface area is 103 Å². The fourth-order valence-corrected chi connectivity index (χ4v) is 1.30. The van der Waals surface area contributed by atoms with Crippen molar-refractivity contribution in [3.8, 4) is 0 Å². The molecule has 0 aliphatic rings. The van der Waals surface area contributed by atoms with Crippen LogP contribution in [0.15, 0.2) is 12.4 Å². The lowest BCUT2D eigenvalue weighted by Gasteiger charge is -2.00. The van der Waals surface area contributed by atoms with Gasteiger partial charge in [0.25, 0.3) is 0 Å². The number of nitrogens with zero attached hydrogens (tertiary/aromatic N) is 2. The highest BCUT2D eigenvalue weighted by Gasteiger charge is 2.06. The Kier molecular flexibility index (Phi) is 4.85. The molecule has 1 heterocycles. The molecule has 1 aromatic heterocycles. The van der Waals surface area contributed by atoms with Crippen LogP contribution in [0.4, 0.5) is 5.69 Å². The zero-order chi connectivity index (χ0) is 13.5. The Morgan fingerprint density at radius 2 is 2.11 bits per heavy atom. The molecule has 8 nitrogen and oxygen atoms in total. The van der Waals surface area contributed by atoms with Gasteiger partial charge in [0, 0.05) is 19.0 Å². The zero-order valence-electron chi connectivity index (χ0n) is 9.63. The number of anilines is 1. The molecule has 0 aliphatic heterocycles. The SMILES string of the molecule is NC(=O)Cn1cc(NC(=O)CCCC(=O)O)cn1. The number of amides is 2. The van der Waals surface area contributed by atoms with Gasteiger partial charge < -0.3 is 16.2 Å². The molecule has 1 rings (SSSR count). The summed E-state index contributed by atoms with van der Waals surface area (Å²) in [5.74, 6) is -1.76. The smallest absolute Gasteiger partial charge is 0.303 e. The van der Waals surface area contributed by atoms with Crippen LogP contribution in [0.2, 0.25) is 0 Å². The Morgan fingerprint density at radius 3 is 2.72 bits per heavy atom. The fraction of sp³-hybridized carbons (Fsp3) is 0.400. The molecule has 1 aromatic rings. The topological polar surface area (TPSA) is 127 Å². The standard InChI is InChI=1S/C10H14N4O4/c11-8(15)6-14-5-7(4-12-14)13-9(16)2-1-3-10(17)18/h4-5H,1-3,6H2,(H2,11,15)(H,13,16)(H,17,18). The predicted octanol–water partition coefficient (Wildman–Crippen LogP) is -0.438. The minimum atomic E-state index is -0.933. The molecule has 0 spiro atoms. The maximum absolute atomic E-state index is 11.4. The first-order chi connectivity index (χ1) is 8.47. The molecule has 98 valence electrons. The zero-order valence-corrected chi connectivity index (χ0v) is 9.63. The van der Waals surface area contributed by atoms with Crippen molar-refractivity contribution in [1.29, 1.82) is 0 Å². The number of rotatable bonds is 7. The largest absolute Gasteiger partial charge is 0.481 e. The van der Waals surface area contributed by atoms with E-state index in [-0.39, 0.29) is 31.7 Å². The molecule has 18 heavy (non-hydrogen) atoms. The fourth-order valence-electron chi connectivity index (χ4n) is 1.30. The van der Waals surface area contributed by atoms with Crippen LogP contribution < -0.4 is 11.1 Å². The quantitative estimate of drug-likeness (QED) is 0.607. The van der Waals surface area contributed by atoms with E-state index in [0.717, 1.165) is 0 Å². The van der Waals surface area contributed by atoms with Crippen LogP contribution in [0.1, 0.15) is 19.3 Å². The van der Waals surface area contributed by atoms with Gasteiger partial charge >= 0.3 is 5.97 Å². The maximum Gasteiger partial charge on any atom is 0.303 e. The van der Waals surface area contributed by atoms with E-state index in [0.29, 0.717) is 5.69 Å². The number of aliphatic carboxylic acids is 1. The summed E-state index contributed by atoms with van der Waals surface area (Å²) in [6.45, 7) is -0.0606. The molecule has 0 fully saturated rings. The van der Waals surface area contributed by atoms with Crippen LogP contribution in [-0.2, 0) is 20.9 Å². The lowest BCUT2D eigenvalue weighted by molar-refractivity contribution is -0.137. The monoisotopic (exact) mass is 254 g/mol. The van der Waals surface area contributed by atoms with Crippen LogP contribution in [-0.4, -0.2) is 32.7 Å². The second kappa shape index (κ2) is 6.38. The molecular weight excluding hydrogens is 240 g/mol. The Balaban J connectivity index is 2.37. The molecule has 0 unspecified atom stereocenters. The van der Waals surface area contributed by atoms with Crippen molar-refractivity contribution in [2.75, 3.05) is 5.32 Å². The van der Waals surface area contributed by atoms with E-state index in [9.17, 15) is 14.4 Å². The van der Waals surface area contributed by atoms with Gasteiger partial charge in [-0.25, -0.2) is 0 Å². The predicted molar refractivity (Wildman–Crippen MR) is 61.5 cm³/mol. The van der Waals surface area contributed by atoms with Crippen LogP contribution in [0.3, 0.4) is 0 Å². The molecule has 0 aliphatic carbocycles. The highest BCUT2D eigenvalue weighted by atomic mass is 16.4. The van der Waals surface area contributed by atoms with Crippen molar-refractivity contribution in [2.45, 2.75) is 25.8 Å². The van der Waals surface area contributed by atoms with E-state index in [1.807, 2.05) is 0 Å². The summed E-state index contributed by atoms with van der Waals surface area (Å²) in [4.78, 5) is 32.3. The van der Waals surface area contributed by atoms with Crippen molar-refractivity contribution >= 4 is 23.5 Å². The van der Waals surface area contributed by atoms with E-state index >= 15 is 0 Å². The van der Waals surface area contributed by atoms with Gasteiger partial charge in [-0.3, -0.25) is 19.1 Å². The number of nitrogens with one attached hydrogen (secondary N) is 1. The number of nitrogens with two attached hydrogens (primary N) is 1. The second-order valence-electron chi connectivity index (χ2n) is 3.69. The van der Waals surface area contributed by atoms with Crippen LogP contribution in [0, 0.1) is 0 Å². The summed E-state index contributed by atoms with van der Waals surface area (Å²) in [5, 5.41) is 14.8. The van der Waals surface area contributed by atoms with Gasteiger partial charge in [0.05, 0.1) is 11.9 Å². The maximum atomic E-state index is 11.4. The minimum Gasteiger partial charge on any atom is -0.481 e. The van der Waals surface area contributed by atoms with Crippen molar-refractivity contribution in [3.05, 3.63) is 12.4 Å². The number of carbonyl (C=O) groups is 3. The Bertz CT molecular complexity index is 454. The Hall–Kier alpha value is -2.38. The van der Waals surface area contributed by atoms with Crippen molar-refractivity contribution in [3.63, 3.8) is 0 Å². The van der Waals surface area contributed by atoms with E-state index in [2.05, 4.69) is 10.4 Å². The Morgan fingerprint density at radius 1 is 1.39 bits per heavy atom. The van der Waals surface area contributed by atoms with Gasteiger partial charge in [0.2, 0.25) is 11.8 Å². The number of carboxylic acid groups (broad SMARTS) is 1. The van der Waals surface area contributed by atoms with Gasteiger partial charge in [0.15, 0.2) is 0 Å². The van der Waals surface area contributed by atoms with Crippen LogP contribution >= 0.6 is 0 Å². The van der Waals surface area contributed by atoms with E-state index < -0.39 is 11.9 Å². The number of hydrogen-bond acceptors (Lipinski definition) is 4. The first-order valence-corrected chi connectivity index (χ1v) is 5.30. The molecule has 0 saturated carbocycles. The molecule has 0 aromatic carbocycles. The molecule has 0 atom stereocenters. The average molecular weight is 254 g/mol. The number of carbonyl (C=O) groups excluding carboxylic acids is 2. The number of hydrogen-bond donors (Lipinski definition) is 3. The number of primary amides is 1. The highest BCUT2D eigenvalue weighted by Crippen LogP contribution is 2.06. The molecular formula is C10H14N4O4. The number of carboxylic acids is 1. The third-order valence-corrected chi connectivity index (χ3v) is 2.03. The highest BCUT2D eigenvalue weighted by molar-refractivity contribution is 5.90. The summed E-state index contributed by atoms with van der Waals surface area (Å²) in [7, 11) is 0. The van der Waals surface area contributed by atoms with E-state index in [4.69, 9.17) is 10.8 Å². The van der Waals surface area contributed by atoms with Crippen molar-refractivity contribution in [2.24, 2.45) is 5.73 Å². The summed E-state index contributed by atoms with van der Waals surface area (Å²) < 4.78 is 1.30. The van der Waals surface area contributed by atoms with E-state index in [1.54, 1.807) is 0 Å². The molecule has 0 radical (unpaired) electrons. The first kappa shape index (κ1) is 13.7. The summed E-state index contributed by atoms with van der Waals surface area (Å²) >= 11 is 0. The molecule has 2 amide bonds. The van der Waals surface area contributed by atoms with Gasteiger partial charge in [-0.05, 0) is 6.42 Å². The van der Waals surface area contributed by atoms with Crippen molar-refractivity contribution in [1.82, 2.24) is 9.78 Å². The molecule has 0 bridgehead atoms. The lowest BCUT2D eigenvalue weighted by Crippen LogP contribution is -2.18. The molecule has 8 heteroatoms. The summed E-state index contributed by atoms with van der Waals surface area (Å²) in [6, 6.07) is 0. The van der Waals surface area contributed by atoms with Gasteiger partial charge in [-0.2, -0.15) is 5.10 Å². The van der Waals surface area contributed by atoms with Gasteiger partial charge in [-0.1, -0.05) is 0 Å². The normalized spacial score (nSPS) is 10.0. The second-order valence-corrected chi connectivity index (χ2v) is 3.69. The lowest BCUT2D eigenvalue weighted by atomic mass is 10.2.